The minimum Gasteiger partial charge on any atom is -0.508 e. The molecular formula is C24H34O7. The number of hydrogen-bond acceptors (Lipinski definition) is 7. The normalized spacial score (nSPS) is 46.8. The van der Waals surface area contributed by atoms with Gasteiger partial charge in [-0.25, -0.2) is 0 Å². The summed E-state index contributed by atoms with van der Waals surface area (Å²) in [6, 6.07) is 5.81. The van der Waals surface area contributed by atoms with Crippen LogP contribution < -0.4 is 0 Å². The van der Waals surface area contributed by atoms with Gasteiger partial charge >= 0.3 is 0 Å². The second-order valence-electron chi connectivity index (χ2n) is 10.2. The van der Waals surface area contributed by atoms with Gasteiger partial charge in [0.1, 0.15) is 30.2 Å². The molecular weight excluding hydrogens is 400 g/mol. The molecule has 0 radical (unpaired) electrons. The van der Waals surface area contributed by atoms with Crippen molar-refractivity contribution in [3.8, 4) is 5.75 Å². The van der Waals surface area contributed by atoms with E-state index in [1.54, 1.807) is 6.07 Å². The Labute approximate surface area is 182 Å². The summed E-state index contributed by atoms with van der Waals surface area (Å²) in [5.41, 5.74) is 2.61. The average Bonchev–Trinajstić information content (AvgIpc) is 3.09. The van der Waals surface area contributed by atoms with Crippen molar-refractivity contribution in [3.05, 3.63) is 29.3 Å². The van der Waals surface area contributed by atoms with Crippen LogP contribution in [0.5, 0.6) is 5.75 Å². The molecule has 5 rings (SSSR count). The van der Waals surface area contributed by atoms with Crippen molar-refractivity contribution in [2.24, 2.45) is 17.3 Å². The van der Waals surface area contributed by atoms with E-state index in [1.165, 1.54) is 11.1 Å². The Morgan fingerprint density at radius 2 is 1.87 bits per heavy atom. The van der Waals surface area contributed by atoms with Gasteiger partial charge < -0.3 is 35.0 Å². The molecule has 0 spiro atoms. The van der Waals surface area contributed by atoms with Gasteiger partial charge in [-0.05, 0) is 85.0 Å². The molecule has 1 aliphatic heterocycles. The van der Waals surface area contributed by atoms with Crippen LogP contribution in [0, 0.1) is 17.3 Å². The zero-order valence-electron chi connectivity index (χ0n) is 17.9. The van der Waals surface area contributed by atoms with Crippen molar-refractivity contribution < 1.29 is 35.0 Å². The van der Waals surface area contributed by atoms with Crippen LogP contribution in [0.2, 0.25) is 0 Å². The molecule has 1 heterocycles. The quantitative estimate of drug-likeness (QED) is 0.488. The van der Waals surface area contributed by atoms with Gasteiger partial charge in [-0.3, -0.25) is 0 Å². The van der Waals surface area contributed by atoms with E-state index < -0.39 is 37.3 Å². The topological polar surface area (TPSA) is 120 Å². The van der Waals surface area contributed by atoms with Gasteiger partial charge in [0.2, 0.25) is 0 Å². The highest BCUT2D eigenvalue weighted by atomic mass is 16.7. The first kappa shape index (κ1) is 21.6. The Morgan fingerprint density at radius 1 is 1.06 bits per heavy atom. The van der Waals surface area contributed by atoms with Crippen molar-refractivity contribution >= 4 is 0 Å². The third kappa shape index (κ3) is 3.41. The maximum Gasteiger partial charge on any atom is 0.186 e. The van der Waals surface area contributed by atoms with Crippen molar-refractivity contribution in [1.29, 1.82) is 0 Å². The zero-order valence-corrected chi connectivity index (χ0v) is 17.9. The molecule has 7 heteroatoms. The molecule has 10 atom stereocenters. The van der Waals surface area contributed by atoms with Gasteiger partial charge in [0.15, 0.2) is 6.29 Å². The Kier molecular flexibility index (Phi) is 5.56. The predicted molar refractivity (Wildman–Crippen MR) is 111 cm³/mol. The highest BCUT2D eigenvalue weighted by Gasteiger charge is 2.57. The molecule has 1 aromatic carbocycles. The maximum atomic E-state index is 10.4. The first-order valence-electron chi connectivity index (χ1n) is 11.6. The number of aromatic hydroxyl groups is 1. The smallest absolute Gasteiger partial charge is 0.186 e. The Bertz CT molecular complexity index is 813. The molecule has 3 fully saturated rings. The number of aliphatic hydroxyl groups is 4. The van der Waals surface area contributed by atoms with Crippen LogP contribution in [0.15, 0.2) is 18.2 Å². The van der Waals surface area contributed by atoms with E-state index in [9.17, 15) is 25.5 Å². The Morgan fingerprint density at radius 3 is 2.65 bits per heavy atom. The molecule has 0 aromatic heterocycles. The van der Waals surface area contributed by atoms with Crippen molar-refractivity contribution in [3.63, 3.8) is 0 Å². The lowest BCUT2D eigenvalue weighted by Crippen LogP contribution is -2.60. The highest BCUT2D eigenvalue weighted by Crippen LogP contribution is 2.61. The van der Waals surface area contributed by atoms with Gasteiger partial charge in [-0.1, -0.05) is 13.0 Å². The largest absolute Gasteiger partial charge is 0.508 e. The molecule has 172 valence electrons. The van der Waals surface area contributed by atoms with Crippen LogP contribution in [-0.2, 0) is 15.9 Å². The fourth-order valence-electron chi connectivity index (χ4n) is 7.09. The number of hydrogen-bond donors (Lipinski definition) is 5. The van der Waals surface area contributed by atoms with Crippen LogP contribution in [0.4, 0.5) is 0 Å². The number of ether oxygens (including phenoxy) is 2. The van der Waals surface area contributed by atoms with Gasteiger partial charge in [0.25, 0.3) is 0 Å². The number of benzene rings is 1. The minimum absolute atomic E-state index is 0.0472. The van der Waals surface area contributed by atoms with Crippen molar-refractivity contribution in [2.45, 2.75) is 88.2 Å². The molecule has 31 heavy (non-hydrogen) atoms. The number of aliphatic hydroxyl groups excluding tert-OH is 4. The first-order valence-corrected chi connectivity index (χ1v) is 11.6. The molecule has 5 N–H and O–H groups in total. The second kappa shape index (κ2) is 7.97. The van der Waals surface area contributed by atoms with E-state index in [0.29, 0.717) is 23.5 Å². The maximum absolute atomic E-state index is 10.4. The first-order chi connectivity index (χ1) is 14.8. The molecule has 0 bridgehead atoms. The van der Waals surface area contributed by atoms with Crippen molar-refractivity contribution in [2.75, 3.05) is 6.61 Å². The lowest BCUT2D eigenvalue weighted by atomic mass is 9.55. The molecule has 3 aliphatic carbocycles. The van der Waals surface area contributed by atoms with Gasteiger partial charge in [0.05, 0.1) is 12.7 Å². The van der Waals surface area contributed by atoms with E-state index in [1.807, 2.05) is 6.07 Å². The molecule has 1 aromatic rings. The van der Waals surface area contributed by atoms with Crippen LogP contribution in [0.1, 0.15) is 56.1 Å². The van der Waals surface area contributed by atoms with E-state index in [-0.39, 0.29) is 11.5 Å². The van der Waals surface area contributed by atoms with Crippen LogP contribution >= 0.6 is 0 Å². The number of fused-ring (bicyclic) bond motifs is 5. The number of phenolic OH excluding ortho intramolecular Hbond substituents is 1. The SMILES string of the molecule is C[C@]12CC[C@@H]3c4ccc(O)cc4CC[C@H]3[C@@H]1CC[C@@H]2O[C@@H]1O[C@H](CO)[C@@H](O)[C@H](O)[C@H]1O. The lowest BCUT2D eigenvalue weighted by Gasteiger charge is -2.51. The van der Waals surface area contributed by atoms with Gasteiger partial charge in [-0.15, -0.1) is 0 Å². The third-order valence-corrected chi connectivity index (χ3v) is 8.77. The third-order valence-electron chi connectivity index (χ3n) is 8.77. The molecule has 0 unspecified atom stereocenters. The van der Waals surface area contributed by atoms with E-state index in [0.717, 1.165) is 38.5 Å². The molecule has 2 saturated carbocycles. The summed E-state index contributed by atoms with van der Waals surface area (Å²) in [7, 11) is 0. The van der Waals surface area contributed by atoms with Gasteiger partial charge in [0, 0.05) is 0 Å². The lowest BCUT2D eigenvalue weighted by molar-refractivity contribution is -0.319. The highest BCUT2D eigenvalue weighted by molar-refractivity contribution is 5.40. The molecule has 1 saturated heterocycles. The van der Waals surface area contributed by atoms with Crippen LogP contribution in [-0.4, -0.2) is 68.9 Å². The average molecular weight is 435 g/mol. The summed E-state index contributed by atoms with van der Waals surface area (Å²) in [6.45, 7) is 1.83. The summed E-state index contributed by atoms with van der Waals surface area (Å²) in [5.74, 6) is 1.92. The second-order valence-corrected chi connectivity index (χ2v) is 10.2. The van der Waals surface area contributed by atoms with E-state index in [2.05, 4.69) is 13.0 Å². The monoisotopic (exact) mass is 434 g/mol. The predicted octanol–water partition coefficient (Wildman–Crippen LogP) is 1.43. The van der Waals surface area contributed by atoms with E-state index in [4.69, 9.17) is 9.47 Å². The minimum atomic E-state index is -1.41. The Balaban J connectivity index is 1.33. The standard InChI is InChI=1S/C24H34O7/c1-24-9-8-15-14-5-3-13(26)10-12(14)2-4-16(15)17(24)6-7-19(24)31-23-22(29)21(28)20(27)18(11-25)30-23/h3,5,10,15-23,25-29H,2,4,6-9,11H2,1H3/t15-,16-,17+,18-,19+,20-,21+,22-,23+,24+/m1/s1. The number of rotatable bonds is 3. The van der Waals surface area contributed by atoms with Crippen LogP contribution in [0.3, 0.4) is 0 Å². The molecule has 0 amide bonds. The van der Waals surface area contributed by atoms with Crippen molar-refractivity contribution in [1.82, 2.24) is 0 Å². The molecule has 7 nitrogen and oxygen atoms in total. The van der Waals surface area contributed by atoms with E-state index >= 15 is 0 Å². The Hall–Kier alpha value is -1.22. The molecule has 4 aliphatic rings. The number of phenols is 1. The summed E-state index contributed by atoms with van der Waals surface area (Å²) in [6.07, 6.45) is -0.206. The number of aryl methyl sites for hydroxylation is 1. The fraction of sp³-hybridized carbons (Fsp3) is 0.750. The summed E-state index contributed by atoms with van der Waals surface area (Å²) in [4.78, 5) is 0. The summed E-state index contributed by atoms with van der Waals surface area (Å²) >= 11 is 0. The summed E-state index contributed by atoms with van der Waals surface area (Å²) in [5, 5.41) is 49.9. The zero-order chi connectivity index (χ0) is 21.9. The summed E-state index contributed by atoms with van der Waals surface area (Å²) < 4.78 is 11.9. The fourth-order valence-corrected chi connectivity index (χ4v) is 7.09. The van der Waals surface area contributed by atoms with Gasteiger partial charge in [-0.2, -0.15) is 0 Å². The van der Waals surface area contributed by atoms with Crippen LogP contribution in [0.25, 0.3) is 0 Å².